The van der Waals surface area contributed by atoms with Crippen molar-refractivity contribution in [1.29, 1.82) is 0 Å². The fourth-order valence-corrected chi connectivity index (χ4v) is 12.7. The van der Waals surface area contributed by atoms with Gasteiger partial charge < -0.3 is 186 Å². The van der Waals surface area contributed by atoms with Crippen molar-refractivity contribution in [2.24, 2.45) is 0 Å². The van der Waals surface area contributed by atoms with E-state index in [2.05, 4.69) is 25.8 Å². The lowest BCUT2D eigenvalue weighted by Crippen LogP contribution is -2.65. The Morgan fingerprint density at radius 2 is 0.524 bits per heavy atom. The van der Waals surface area contributed by atoms with Crippen molar-refractivity contribution in [1.82, 2.24) is 21.3 Å². The Kier molecular flexibility index (Phi) is 38.8. The Morgan fingerprint density at radius 1 is 0.324 bits per heavy atom. The number of phosphoric ester groups is 3. The minimum atomic E-state index is -5.90. The van der Waals surface area contributed by atoms with E-state index >= 15 is 0 Å². The van der Waals surface area contributed by atoms with E-state index in [9.17, 15) is 160 Å². The molecule has 4 saturated heterocycles. The number of ether oxygens (including phenoxy) is 8. The summed E-state index contributed by atoms with van der Waals surface area (Å²) in [5.74, 6) is -3.62. The van der Waals surface area contributed by atoms with Crippen LogP contribution >= 0.6 is 23.5 Å². The van der Waals surface area contributed by atoms with Gasteiger partial charge in [-0.2, -0.15) is 0 Å². The third-order valence-electron chi connectivity index (χ3n) is 16.1. The quantitative estimate of drug-likeness (QED) is 0.0252. The molecule has 0 bridgehead atoms. The summed E-state index contributed by atoms with van der Waals surface area (Å²) < 4.78 is 114. The number of carbonyl (C=O) groups is 4. The zero-order valence-corrected chi connectivity index (χ0v) is 58.7. The number of hydrogen-bond donors (Lipinski definition) is 29. The van der Waals surface area contributed by atoms with Crippen molar-refractivity contribution in [3.63, 3.8) is 0 Å². The molecule has 0 spiro atoms. The maximum Gasteiger partial charge on any atom is 0.472 e. The van der Waals surface area contributed by atoms with Crippen molar-refractivity contribution < 1.29 is 225 Å². The van der Waals surface area contributed by atoms with Crippen LogP contribution < -0.4 is 21.3 Å². The van der Waals surface area contributed by atoms with Crippen LogP contribution in [0.4, 0.5) is 0 Å². The van der Waals surface area contributed by atoms with E-state index in [1.807, 2.05) is 0 Å². The Balaban J connectivity index is 1.59. The number of rotatable bonds is 44. The lowest BCUT2D eigenvalue weighted by Gasteiger charge is -2.44. The Labute approximate surface area is 594 Å². The standard InChI is InChI=1S/C52H97N4O46P3/c1-17(63)53-33-45(79)41(75)26(7-59)96-49(33)95-25(6-58)38(72)22(68)11-89-103(83,84)90-12-23(69)39(73)31(101-51-35(55-19(3)65)47(81)43(77)28(9-61)98-51)15-92-104(85,86)91-13-24(70)40(74)32(102-52-36(56-20(4)66)48(82)44(78)29(10-62)99-52)16-94-105(87,88)93-14-30(37(71)21(67)5-57)100-50-34(54-18(2)64)46(80)42(76)27(8-60)97-50/h21-52,57-62,67-82H,5-16H2,1-4H3,(H,53,63)(H,54,64)(H,55,65)(H,56,66)(H,83,84)(H,85,86)(H,87,88)/t21-,22-,23-,24-,25+,26-,27-,28-,29-,30+,31-,32-,33-,34-,35-,36-,37-,38-,39-,40-,41-,42-,43-,44-,45-,46-,47-,48-,49-,50+,51+,52+/m1/s1. The van der Waals surface area contributed by atoms with E-state index in [0.29, 0.717) is 0 Å². The predicted molar refractivity (Wildman–Crippen MR) is 328 cm³/mol. The fraction of sp³-hybridized carbons (Fsp3) is 0.923. The second-order valence-electron chi connectivity index (χ2n) is 24.2. The van der Waals surface area contributed by atoms with Gasteiger partial charge in [0, 0.05) is 27.7 Å². The topological polar surface area (TPSA) is 803 Å². The van der Waals surface area contributed by atoms with Crippen molar-refractivity contribution in [2.45, 2.75) is 224 Å². The molecule has 0 saturated carbocycles. The molecule has 53 heteroatoms. The molecule has 4 heterocycles. The normalized spacial score (nSPS) is 34.9. The largest absolute Gasteiger partial charge is 0.472 e. The first-order valence-electron chi connectivity index (χ1n) is 31.6. The van der Waals surface area contributed by atoms with Gasteiger partial charge in [-0.15, -0.1) is 0 Å². The lowest BCUT2D eigenvalue weighted by molar-refractivity contribution is -0.296. The number of phosphoric acid groups is 3. The second-order valence-corrected chi connectivity index (χ2v) is 28.6. The number of hydrogen-bond acceptors (Lipinski definition) is 43. The molecule has 0 aromatic heterocycles. The third kappa shape index (κ3) is 27.7. The summed E-state index contributed by atoms with van der Waals surface area (Å²) >= 11 is 0. The molecule has 4 amide bonds. The summed E-state index contributed by atoms with van der Waals surface area (Å²) in [7, 11) is -17.3. The highest BCUT2D eigenvalue weighted by Crippen LogP contribution is 2.47. The maximum absolute atomic E-state index is 13.7. The maximum atomic E-state index is 13.7. The molecule has 4 fully saturated rings. The molecule has 0 aliphatic carbocycles. The average Bonchev–Trinajstić information content (AvgIpc) is 0.815. The number of amides is 4. The summed E-state index contributed by atoms with van der Waals surface area (Å²) in [5.41, 5.74) is 0. The molecule has 0 radical (unpaired) electrons. The van der Waals surface area contributed by atoms with Gasteiger partial charge in [-0.05, 0) is 0 Å². The molecule has 29 N–H and O–H groups in total. The SMILES string of the molecule is CC(=O)N[C@H]1[C@H](O[C@@H](CO)[C@H](O)[C@H](O)COP(=O)(O)OC[C@@H](O)[C@@H](O)[C@@H](COP(=O)(O)OC[C@@H](O)[C@@H](O)[C@@H](COP(=O)(O)OC[C@H](O[C@@H]2O[C@H](CO)[C@@H](O)[C@H](O)[C@H]2NC(C)=O)[C@H](O)[C@H](O)CO)O[C@@H]2O[C@H](CO)[C@@H](O)[C@H](O)[C@H]2NC(C)=O)O[C@@H]2O[C@H](CO)[C@@H](O)[C@H](O)[C@H]2NC(C)=O)O[C@H](CO)[C@@H](O)[C@@H]1O. The molecular formula is C52H97N4O46P3. The van der Waals surface area contributed by atoms with Crippen LogP contribution in [0.3, 0.4) is 0 Å². The van der Waals surface area contributed by atoms with Gasteiger partial charge in [0.2, 0.25) is 23.6 Å². The third-order valence-corrected chi connectivity index (χ3v) is 19.0. The van der Waals surface area contributed by atoms with Gasteiger partial charge in [0.25, 0.3) is 0 Å². The minimum Gasteiger partial charge on any atom is -0.394 e. The second kappa shape index (κ2) is 43.2. The lowest BCUT2D eigenvalue weighted by atomic mass is 9.96. The molecule has 50 nitrogen and oxygen atoms in total. The summed E-state index contributed by atoms with van der Waals surface area (Å²) in [6.45, 7) is -12.1. The van der Waals surface area contributed by atoms with Crippen LogP contribution in [0.15, 0.2) is 0 Å². The van der Waals surface area contributed by atoms with Gasteiger partial charge in [-0.1, -0.05) is 0 Å². The monoisotopic (exact) mass is 1610 g/mol. The van der Waals surface area contributed by atoms with Crippen molar-refractivity contribution in [3.05, 3.63) is 0 Å². The molecule has 3 unspecified atom stereocenters. The smallest absolute Gasteiger partial charge is 0.394 e. The highest BCUT2D eigenvalue weighted by molar-refractivity contribution is 7.47. The van der Waals surface area contributed by atoms with E-state index in [-0.39, 0.29) is 0 Å². The molecule has 0 aromatic carbocycles. The summed E-state index contributed by atoms with van der Waals surface area (Å²) in [5, 5.41) is 241. The summed E-state index contributed by atoms with van der Waals surface area (Å²) in [6.07, 6.45) is -59.8. The van der Waals surface area contributed by atoms with Crippen molar-refractivity contribution in [3.8, 4) is 0 Å². The predicted octanol–water partition coefficient (Wildman–Crippen LogP) is -16.4. The molecule has 35 atom stereocenters. The number of aliphatic hydroxyl groups is 22. The Bertz CT molecular complexity index is 2800. The van der Waals surface area contributed by atoms with Gasteiger partial charge in [0.15, 0.2) is 25.2 Å². The van der Waals surface area contributed by atoms with Gasteiger partial charge in [0.1, 0.15) is 171 Å². The summed E-state index contributed by atoms with van der Waals surface area (Å²) in [4.78, 5) is 81.0. The first-order valence-corrected chi connectivity index (χ1v) is 36.1. The van der Waals surface area contributed by atoms with Crippen LogP contribution in [0.5, 0.6) is 0 Å². The number of carbonyl (C=O) groups excluding carboxylic acids is 4. The fourth-order valence-electron chi connectivity index (χ4n) is 10.4. The molecule has 105 heavy (non-hydrogen) atoms. The first-order chi connectivity index (χ1) is 48.9. The van der Waals surface area contributed by atoms with Crippen LogP contribution in [0.2, 0.25) is 0 Å². The average molecular weight is 1610 g/mol. The highest BCUT2D eigenvalue weighted by atomic mass is 31.2. The minimum absolute atomic E-state index is 0.808. The molecular weight excluding hydrogens is 1510 g/mol. The molecule has 4 aliphatic heterocycles. The van der Waals surface area contributed by atoms with E-state index < -0.39 is 322 Å². The molecule has 0 aromatic rings. The van der Waals surface area contributed by atoms with Crippen LogP contribution in [-0.4, -0.2) is 426 Å². The Morgan fingerprint density at radius 3 is 0.724 bits per heavy atom. The number of nitrogens with one attached hydrogen (secondary N) is 4. The van der Waals surface area contributed by atoms with E-state index in [1.165, 1.54) is 0 Å². The van der Waals surface area contributed by atoms with Gasteiger partial charge >= 0.3 is 23.5 Å². The zero-order valence-electron chi connectivity index (χ0n) is 56.1. The van der Waals surface area contributed by atoms with Gasteiger partial charge in [-0.25, -0.2) is 13.7 Å². The Hall–Kier alpha value is -2.99. The summed E-state index contributed by atoms with van der Waals surface area (Å²) in [6, 6.07) is -7.20. The first kappa shape index (κ1) is 94.4. The van der Waals surface area contributed by atoms with E-state index in [1.54, 1.807) is 0 Å². The molecule has 4 rings (SSSR count). The zero-order chi connectivity index (χ0) is 79.5. The van der Waals surface area contributed by atoms with Crippen molar-refractivity contribution in [2.75, 3.05) is 79.3 Å². The van der Waals surface area contributed by atoms with Crippen LogP contribution in [0, 0.1) is 0 Å². The van der Waals surface area contributed by atoms with Crippen LogP contribution in [0.1, 0.15) is 27.7 Å². The van der Waals surface area contributed by atoms with E-state index in [0.717, 1.165) is 27.7 Å². The number of aliphatic hydroxyl groups excluding tert-OH is 22. The van der Waals surface area contributed by atoms with E-state index in [4.69, 9.17) is 60.5 Å². The van der Waals surface area contributed by atoms with Crippen LogP contribution in [-0.2, 0) is 97.9 Å². The molecule has 4 aliphatic rings. The van der Waals surface area contributed by atoms with Crippen molar-refractivity contribution >= 4 is 47.1 Å². The molecule has 616 valence electrons. The highest BCUT2D eigenvalue weighted by Gasteiger charge is 2.53. The van der Waals surface area contributed by atoms with Gasteiger partial charge in [-0.3, -0.25) is 46.3 Å². The van der Waals surface area contributed by atoms with Crippen LogP contribution in [0.25, 0.3) is 0 Å². The van der Waals surface area contributed by atoms with Gasteiger partial charge in [0.05, 0.1) is 79.3 Å².